The highest BCUT2D eigenvalue weighted by Gasteiger charge is 2.33. The number of hydrogen-bond acceptors (Lipinski definition) is 5. The van der Waals surface area contributed by atoms with Crippen molar-refractivity contribution in [2.75, 3.05) is 12.4 Å². The molecule has 0 bridgehead atoms. The van der Waals surface area contributed by atoms with Crippen molar-refractivity contribution < 1.29 is 18.3 Å². The van der Waals surface area contributed by atoms with E-state index in [0.29, 0.717) is 17.3 Å². The van der Waals surface area contributed by atoms with E-state index in [1.165, 1.54) is 0 Å². The molecule has 0 aliphatic heterocycles. The maximum Gasteiger partial charge on any atom is 0.321 e. The van der Waals surface area contributed by atoms with Gasteiger partial charge in [-0.25, -0.2) is 13.6 Å². The first kappa shape index (κ1) is 16.6. The lowest BCUT2D eigenvalue weighted by atomic mass is 10.0. The number of benzene rings is 1. The minimum Gasteiger partial charge on any atom is -0.497 e. The standard InChI is InChI=1S/C15H16F2N4O2S/c1-23-10-6-4-9(5-7-10)11(8-2-3-8)18-14(22)19-15-21-20-13(24-15)12(16)17/h4-8,11-12H,2-3H2,1H3,(H2,18,19,21,22). The van der Waals surface area contributed by atoms with Gasteiger partial charge in [0.25, 0.3) is 6.43 Å². The van der Waals surface area contributed by atoms with Crippen molar-refractivity contribution in [3.8, 4) is 5.75 Å². The van der Waals surface area contributed by atoms with E-state index >= 15 is 0 Å². The van der Waals surface area contributed by atoms with Crippen LogP contribution in [0.25, 0.3) is 0 Å². The van der Waals surface area contributed by atoms with Crippen LogP contribution >= 0.6 is 11.3 Å². The van der Waals surface area contributed by atoms with Crippen molar-refractivity contribution in [3.63, 3.8) is 0 Å². The zero-order chi connectivity index (χ0) is 17.1. The van der Waals surface area contributed by atoms with Crippen LogP contribution in [0, 0.1) is 5.92 Å². The molecule has 3 rings (SSSR count). The van der Waals surface area contributed by atoms with Crippen LogP contribution in [0.4, 0.5) is 18.7 Å². The van der Waals surface area contributed by atoms with E-state index in [1.807, 2.05) is 24.3 Å². The molecule has 6 nitrogen and oxygen atoms in total. The van der Waals surface area contributed by atoms with Gasteiger partial charge in [0.1, 0.15) is 5.75 Å². The second-order valence-electron chi connectivity index (χ2n) is 5.43. The molecule has 1 aromatic heterocycles. The van der Waals surface area contributed by atoms with E-state index in [0.717, 1.165) is 24.2 Å². The summed E-state index contributed by atoms with van der Waals surface area (Å²) in [5, 5.41) is 11.8. The molecule has 9 heteroatoms. The average molecular weight is 354 g/mol. The smallest absolute Gasteiger partial charge is 0.321 e. The van der Waals surface area contributed by atoms with E-state index in [4.69, 9.17) is 4.74 Å². The Bertz CT molecular complexity index is 704. The topological polar surface area (TPSA) is 76.1 Å². The molecule has 1 aliphatic rings. The van der Waals surface area contributed by atoms with Gasteiger partial charge in [-0.05, 0) is 36.5 Å². The number of anilines is 1. The average Bonchev–Trinajstić information content (AvgIpc) is 3.31. The van der Waals surface area contributed by atoms with Crippen LogP contribution in [-0.2, 0) is 0 Å². The first-order valence-electron chi connectivity index (χ1n) is 7.40. The molecule has 1 fully saturated rings. The van der Waals surface area contributed by atoms with E-state index in [2.05, 4.69) is 20.8 Å². The summed E-state index contributed by atoms with van der Waals surface area (Å²) in [6, 6.07) is 6.86. The van der Waals surface area contributed by atoms with E-state index in [9.17, 15) is 13.6 Å². The fourth-order valence-electron chi connectivity index (χ4n) is 2.36. The predicted molar refractivity (Wildman–Crippen MR) is 85.5 cm³/mol. The lowest BCUT2D eigenvalue weighted by Crippen LogP contribution is -2.33. The van der Waals surface area contributed by atoms with Gasteiger partial charge in [-0.15, -0.1) is 10.2 Å². The summed E-state index contributed by atoms with van der Waals surface area (Å²) in [4.78, 5) is 12.1. The Balaban J connectivity index is 1.65. The summed E-state index contributed by atoms with van der Waals surface area (Å²) in [5.41, 5.74) is 0.971. The number of rotatable bonds is 6. The number of amides is 2. The molecule has 24 heavy (non-hydrogen) atoms. The highest BCUT2D eigenvalue weighted by molar-refractivity contribution is 7.15. The third kappa shape index (κ3) is 3.97. The molecule has 0 radical (unpaired) electrons. The van der Waals surface area contributed by atoms with Crippen molar-refractivity contribution in [1.29, 1.82) is 0 Å². The summed E-state index contributed by atoms with van der Waals surface area (Å²) in [7, 11) is 1.59. The third-order valence-electron chi connectivity index (χ3n) is 3.70. The molecule has 1 saturated carbocycles. The molecule has 128 valence electrons. The summed E-state index contributed by atoms with van der Waals surface area (Å²) in [6.07, 6.45) is -0.629. The number of urea groups is 1. The largest absolute Gasteiger partial charge is 0.497 e. The lowest BCUT2D eigenvalue weighted by Gasteiger charge is -2.19. The minimum atomic E-state index is -2.69. The molecule has 0 saturated heterocycles. The van der Waals surface area contributed by atoms with E-state index in [1.54, 1.807) is 7.11 Å². The monoisotopic (exact) mass is 354 g/mol. The Hall–Kier alpha value is -2.29. The molecule has 0 spiro atoms. The fraction of sp³-hybridized carbons (Fsp3) is 0.400. The van der Waals surface area contributed by atoms with Crippen LogP contribution in [0.15, 0.2) is 24.3 Å². The number of nitrogens with one attached hydrogen (secondary N) is 2. The highest BCUT2D eigenvalue weighted by Crippen LogP contribution is 2.41. The molecule has 1 unspecified atom stereocenters. The van der Waals surface area contributed by atoms with E-state index in [-0.39, 0.29) is 11.2 Å². The number of hydrogen-bond donors (Lipinski definition) is 2. The zero-order valence-corrected chi connectivity index (χ0v) is 13.6. The van der Waals surface area contributed by atoms with Gasteiger partial charge in [0.05, 0.1) is 13.2 Å². The van der Waals surface area contributed by atoms with Gasteiger partial charge in [-0.2, -0.15) is 0 Å². The van der Waals surface area contributed by atoms with Crippen molar-refractivity contribution in [1.82, 2.24) is 15.5 Å². The molecule has 2 N–H and O–H groups in total. The van der Waals surface area contributed by atoms with Crippen LogP contribution in [0.2, 0.25) is 0 Å². The first-order valence-corrected chi connectivity index (χ1v) is 8.21. The van der Waals surface area contributed by atoms with Crippen molar-refractivity contribution in [2.24, 2.45) is 5.92 Å². The Morgan fingerprint density at radius 2 is 2.00 bits per heavy atom. The van der Waals surface area contributed by atoms with Crippen LogP contribution < -0.4 is 15.4 Å². The number of ether oxygens (including phenoxy) is 1. The molecular formula is C15H16F2N4O2S. The summed E-state index contributed by atoms with van der Waals surface area (Å²) in [6.45, 7) is 0. The van der Waals surface area contributed by atoms with Crippen molar-refractivity contribution >= 4 is 22.5 Å². The SMILES string of the molecule is COc1ccc(C(NC(=O)Nc2nnc(C(F)F)s2)C2CC2)cc1. The Kier molecular flexibility index (Phi) is 4.89. The number of nitrogens with zero attached hydrogens (tertiary/aromatic N) is 2. The van der Waals surface area contributed by atoms with E-state index < -0.39 is 17.5 Å². The molecular weight excluding hydrogens is 338 g/mol. The number of carbonyl (C=O) groups excluding carboxylic acids is 1. The minimum absolute atomic E-state index is 0.0482. The molecule has 2 amide bonds. The summed E-state index contributed by atoms with van der Waals surface area (Å²) in [5.74, 6) is 1.11. The molecule has 2 aromatic rings. The first-order chi connectivity index (χ1) is 11.6. The maximum absolute atomic E-state index is 12.5. The number of halogens is 2. The molecule has 1 aromatic carbocycles. The molecule has 1 heterocycles. The molecule has 1 atom stereocenters. The quantitative estimate of drug-likeness (QED) is 0.828. The van der Waals surface area contributed by atoms with Gasteiger partial charge >= 0.3 is 6.03 Å². The Morgan fingerprint density at radius 1 is 1.29 bits per heavy atom. The highest BCUT2D eigenvalue weighted by atomic mass is 32.1. The predicted octanol–water partition coefficient (Wildman–Crippen LogP) is 3.76. The Labute approximate surface area is 141 Å². The third-order valence-corrected chi connectivity index (χ3v) is 4.55. The fourth-order valence-corrected chi connectivity index (χ4v) is 2.96. The zero-order valence-electron chi connectivity index (χ0n) is 12.8. The summed E-state index contributed by atoms with van der Waals surface area (Å²) < 4.78 is 30.1. The number of methoxy groups -OCH3 is 1. The van der Waals surface area contributed by atoms with Crippen LogP contribution in [-0.4, -0.2) is 23.3 Å². The van der Waals surface area contributed by atoms with Gasteiger partial charge in [0, 0.05) is 0 Å². The normalized spacial score (nSPS) is 15.2. The second kappa shape index (κ2) is 7.08. The number of alkyl halides is 2. The number of aromatic nitrogens is 2. The van der Waals surface area contributed by atoms with Crippen molar-refractivity contribution in [2.45, 2.75) is 25.3 Å². The van der Waals surface area contributed by atoms with Crippen LogP contribution in [0.5, 0.6) is 5.75 Å². The van der Waals surface area contributed by atoms with Gasteiger partial charge in [0.15, 0.2) is 5.01 Å². The number of carbonyl (C=O) groups is 1. The van der Waals surface area contributed by atoms with Crippen molar-refractivity contribution in [3.05, 3.63) is 34.8 Å². The Morgan fingerprint density at radius 3 is 2.54 bits per heavy atom. The van der Waals surface area contributed by atoms with Gasteiger partial charge < -0.3 is 10.1 Å². The second-order valence-corrected chi connectivity index (χ2v) is 6.44. The van der Waals surface area contributed by atoms with Gasteiger partial charge in [0.2, 0.25) is 5.13 Å². The molecule has 1 aliphatic carbocycles. The van der Waals surface area contributed by atoms with Gasteiger partial charge in [-0.1, -0.05) is 23.5 Å². The lowest BCUT2D eigenvalue weighted by molar-refractivity contribution is 0.150. The maximum atomic E-state index is 12.5. The van der Waals surface area contributed by atoms with Crippen LogP contribution in [0.3, 0.4) is 0 Å². The van der Waals surface area contributed by atoms with Gasteiger partial charge in [-0.3, -0.25) is 5.32 Å². The van der Waals surface area contributed by atoms with Crippen LogP contribution in [0.1, 0.15) is 35.9 Å². The summed E-state index contributed by atoms with van der Waals surface area (Å²) >= 11 is 0.660.